The summed E-state index contributed by atoms with van der Waals surface area (Å²) < 4.78 is 5.87. The molecule has 0 saturated heterocycles. The zero-order chi connectivity index (χ0) is 23.9. The first kappa shape index (κ1) is 27.3. The van der Waals surface area contributed by atoms with Gasteiger partial charge in [0.25, 0.3) is 0 Å². The largest absolute Gasteiger partial charge is 0.483 e. The van der Waals surface area contributed by atoms with Crippen molar-refractivity contribution in [2.24, 2.45) is 0 Å². The van der Waals surface area contributed by atoms with Crippen LogP contribution in [-0.2, 0) is 9.53 Å². The summed E-state index contributed by atoms with van der Waals surface area (Å²) in [6.45, 7) is 10.6. The molecule has 2 aromatic carbocycles. The zero-order valence-electron chi connectivity index (χ0n) is 21.1. The van der Waals surface area contributed by atoms with Crippen molar-refractivity contribution in [1.82, 2.24) is 10.2 Å². The van der Waals surface area contributed by atoms with Gasteiger partial charge in [0.2, 0.25) is 5.76 Å². The Kier molecular flexibility index (Phi) is 12.9. The van der Waals surface area contributed by atoms with Gasteiger partial charge in [0.05, 0.1) is 6.10 Å². The van der Waals surface area contributed by atoms with Crippen LogP contribution >= 0.6 is 0 Å². The van der Waals surface area contributed by atoms with Gasteiger partial charge in [-0.1, -0.05) is 71.3 Å². The summed E-state index contributed by atoms with van der Waals surface area (Å²) in [5, 5.41) is 3.20. The van der Waals surface area contributed by atoms with Crippen LogP contribution in [0.2, 0.25) is 0 Å². The quantitative estimate of drug-likeness (QED) is 0.432. The highest BCUT2D eigenvalue weighted by Gasteiger charge is 2.22. The molecule has 0 radical (unpaired) electrons. The average molecular weight is 439 g/mol. The summed E-state index contributed by atoms with van der Waals surface area (Å²) >= 11 is 0. The summed E-state index contributed by atoms with van der Waals surface area (Å²) in [6.07, 6.45) is 4.73. The first-order chi connectivity index (χ1) is 15.2. The number of Topliss-reactive ketones (excluding diaryl/α,β-unsaturated/α-hetero) is 1. The van der Waals surface area contributed by atoms with Crippen LogP contribution < -0.4 is 5.32 Å². The molecule has 1 N–H and O–H groups in total. The molecule has 0 unspecified atom stereocenters. The molecule has 1 saturated carbocycles. The number of nitrogens with one attached hydrogen (secondary N) is 1. The normalized spacial score (nSPS) is 13.6. The standard InChI is InChI=1S/C13H24N2O2.C8H10.C7H8/c1-5-14-13(15(3)4)12(10(2)16)17-11-8-6-7-9-11;1-7-4-3-5-8(2)6-7;1-7-5-3-2-4-6-7/h11,14H,5-9H2,1-4H3;3-6H,1-2H3;2-6H,1H3/b13-12+;;. The number of ketones is 1. The third-order valence-corrected chi connectivity index (χ3v) is 5.03. The molecule has 0 spiro atoms. The lowest BCUT2D eigenvalue weighted by Crippen LogP contribution is -2.30. The topological polar surface area (TPSA) is 41.6 Å². The molecule has 0 bridgehead atoms. The highest BCUT2D eigenvalue weighted by atomic mass is 16.5. The maximum atomic E-state index is 11.7. The van der Waals surface area contributed by atoms with Crippen molar-refractivity contribution in [2.45, 2.75) is 66.4 Å². The van der Waals surface area contributed by atoms with E-state index in [0.717, 1.165) is 25.2 Å². The molecule has 4 heteroatoms. The number of nitrogens with zero attached hydrogens (tertiary/aromatic N) is 1. The first-order valence-corrected chi connectivity index (χ1v) is 11.6. The molecular formula is C28H42N2O2. The Morgan fingerprint density at radius 3 is 1.81 bits per heavy atom. The summed E-state index contributed by atoms with van der Waals surface area (Å²) in [6, 6.07) is 18.7. The van der Waals surface area contributed by atoms with E-state index in [2.05, 4.69) is 62.5 Å². The van der Waals surface area contributed by atoms with Gasteiger partial charge >= 0.3 is 0 Å². The second-order valence-electron chi connectivity index (χ2n) is 8.50. The summed E-state index contributed by atoms with van der Waals surface area (Å²) in [5.74, 6) is 1.25. The minimum atomic E-state index is -0.0125. The number of carbonyl (C=O) groups is 1. The van der Waals surface area contributed by atoms with Crippen LogP contribution in [0.15, 0.2) is 66.2 Å². The summed E-state index contributed by atoms with van der Waals surface area (Å²) in [5.41, 5.74) is 4.00. The van der Waals surface area contributed by atoms with Crippen LogP contribution in [0.1, 0.15) is 56.2 Å². The maximum absolute atomic E-state index is 11.7. The number of hydrogen-bond donors (Lipinski definition) is 1. The molecular weight excluding hydrogens is 396 g/mol. The second kappa shape index (κ2) is 15.1. The fourth-order valence-corrected chi connectivity index (χ4v) is 3.43. The molecule has 1 fully saturated rings. The predicted molar refractivity (Wildman–Crippen MR) is 136 cm³/mol. The smallest absolute Gasteiger partial charge is 0.202 e. The highest BCUT2D eigenvalue weighted by molar-refractivity contribution is 5.91. The number of aryl methyl sites for hydroxylation is 3. The third-order valence-electron chi connectivity index (χ3n) is 5.03. The lowest BCUT2D eigenvalue weighted by atomic mass is 10.2. The minimum Gasteiger partial charge on any atom is -0.483 e. The van der Waals surface area contributed by atoms with E-state index in [1.54, 1.807) is 6.92 Å². The number of carbonyl (C=O) groups excluding carboxylic acids is 1. The van der Waals surface area contributed by atoms with Crippen molar-refractivity contribution in [1.29, 1.82) is 0 Å². The number of allylic oxidation sites excluding steroid dienone is 1. The van der Waals surface area contributed by atoms with Crippen molar-refractivity contribution in [3.8, 4) is 0 Å². The Labute approximate surface area is 195 Å². The van der Waals surface area contributed by atoms with Crippen LogP contribution in [-0.4, -0.2) is 37.4 Å². The average Bonchev–Trinajstić information content (AvgIpc) is 3.25. The van der Waals surface area contributed by atoms with Gasteiger partial charge < -0.3 is 15.0 Å². The SMILES string of the molecule is CCN/C(=C(\OC1CCCC1)C(C)=O)N(C)C.Cc1cccc(C)c1.Cc1ccccc1. The van der Waals surface area contributed by atoms with Crippen molar-refractivity contribution < 1.29 is 9.53 Å². The van der Waals surface area contributed by atoms with Crippen LogP contribution in [0.3, 0.4) is 0 Å². The molecule has 32 heavy (non-hydrogen) atoms. The number of ether oxygens (including phenoxy) is 1. The molecule has 2 aromatic rings. The second-order valence-corrected chi connectivity index (χ2v) is 8.50. The molecule has 0 aliphatic heterocycles. The van der Waals surface area contributed by atoms with E-state index < -0.39 is 0 Å². The lowest BCUT2D eigenvalue weighted by Gasteiger charge is -2.23. The molecule has 0 amide bonds. The summed E-state index contributed by atoms with van der Waals surface area (Å²) in [7, 11) is 3.83. The van der Waals surface area contributed by atoms with Crippen molar-refractivity contribution >= 4 is 5.78 Å². The van der Waals surface area contributed by atoms with Crippen LogP contribution in [0.5, 0.6) is 0 Å². The van der Waals surface area contributed by atoms with Crippen molar-refractivity contribution in [2.75, 3.05) is 20.6 Å². The maximum Gasteiger partial charge on any atom is 0.202 e. The van der Waals surface area contributed by atoms with E-state index in [9.17, 15) is 4.79 Å². The van der Waals surface area contributed by atoms with Gasteiger partial charge in [-0.2, -0.15) is 0 Å². The molecule has 3 rings (SSSR count). The van der Waals surface area contributed by atoms with E-state index in [4.69, 9.17) is 4.74 Å². The fourth-order valence-electron chi connectivity index (χ4n) is 3.43. The van der Waals surface area contributed by atoms with Gasteiger partial charge in [0.15, 0.2) is 5.78 Å². The van der Waals surface area contributed by atoms with E-state index in [-0.39, 0.29) is 11.9 Å². The summed E-state index contributed by atoms with van der Waals surface area (Å²) in [4.78, 5) is 13.6. The Morgan fingerprint density at radius 2 is 1.47 bits per heavy atom. The van der Waals surface area contributed by atoms with E-state index in [1.807, 2.05) is 44.1 Å². The molecule has 0 atom stereocenters. The van der Waals surface area contributed by atoms with Gasteiger partial charge in [0.1, 0.15) is 5.82 Å². The van der Waals surface area contributed by atoms with Gasteiger partial charge in [-0.15, -0.1) is 0 Å². The van der Waals surface area contributed by atoms with Gasteiger partial charge in [-0.25, -0.2) is 0 Å². The van der Waals surface area contributed by atoms with Crippen molar-refractivity contribution in [3.05, 3.63) is 82.9 Å². The number of rotatable bonds is 6. The highest BCUT2D eigenvalue weighted by Crippen LogP contribution is 2.24. The Hall–Kier alpha value is -2.75. The molecule has 1 aliphatic carbocycles. The van der Waals surface area contributed by atoms with Crippen molar-refractivity contribution in [3.63, 3.8) is 0 Å². The third kappa shape index (κ3) is 11.0. The van der Waals surface area contributed by atoms with Crippen LogP contribution in [0.4, 0.5) is 0 Å². The first-order valence-electron chi connectivity index (χ1n) is 11.6. The Morgan fingerprint density at radius 1 is 0.938 bits per heavy atom. The monoisotopic (exact) mass is 438 g/mol. The van der Waals surface area contributed by atoms with Crippen LogP contribution in [0.25, 0.3) is 0 Å². The van der Waals surface area contributed by atoms with Gasteiger partial charge in [0, 0.05) is 27.6 Å². The molecule has 1 aliphatic rings. The van der Waals surface area contributed by atoms with Gasteiger partial charge in [-0.05, 0) is 53.4 Å². The zero-order valence-corrected chi connectivity index (χ0v) is 21.1. The fraction of sp³-hybridized carbons (Fsp3) is 0.464. The van der Waals surface area contributed by atoms with Gasteiger partial charge in [-0.3, -0.25) is 4.79 Å². The minimum absolute atomic E-state index is 0.0125. The molecule has 4 nitrogen and oxygen atoms in total. The van der Waals surface area contributed by atoms with Crippen LogP contribution in [0, 0.1) is 20.8 Å². The molecule has 176 valence electrons. The molecule has 0 heterocycles. The number of hydrogen-bond acceptors (Lipinski definition) is 4. The predicted octanol–water partition coefficient (Wildman–Crippen LogP) is 6.17. The Bertz CT molecular complexity index is 805. The van der Waals surface area contributed by atoms with E-state index in [0.29, 0.717) is 5.76 Å². The number of benzene rings is 2. The molecule has 0 aromatic heterocycles. The van der Waals surface area contributed by atoms with E-state index >= 15 is 0 Å². The Balaban J connectivity index is 0.000000279. The lowest BCUT2D eigenvalue weighted by molar-refractivity contribution is -0.118. The van der Waals surface area contributed by atoms with E-state index in [1.165, 1.54) is 29.5 Å².